The van der Waals surface area contributed by atoms with Crippen LogP contribution in [0.25, 0.3) is 0 Å². The van der Waals surface area contributed by atoms with Crippen LogP contribution in [0.3, 0.4) is 0 Å². The molecule has 1 nitrogen and oxygen atoms in total. The van der Waals surface area contributed by atoms with E-state index in [0.717, 1.165) is 21.3 Å². The Morgan fingerprint density at radius 1 is 1.17 bits per heavy atom. The maximum absolute atomic E-state index is 6.27. The predicted molar refractivity (Wildman–Crippen MR) is 82.9 cm³/mol. The maximum Gasteiger partial charge on any atom is 0.120 e. The van der Waals surface area contributed by atoms with Crippen LogP contribution in [0, 0.1) is 0 Å². The molecule has 94 valence electrons. The van der Waals surface area contributed by atoms with E-state index in [0.29, 0.717) is 5.02 Å². The lowest BCUT2D eigenvalue weighted by Crippen LogP contribution is -1.94. The van der Waals surface area contributed by atoms with Crippen molar-refractivity contribution < 1.29 is 4.74 Å². The molecule has 0 N–H and O–H groups in total. The van der Waals surface area contributed by atoms with Gasteiger partial charge >= 0.3 is 0 Å². The number of benzene rings is 2. The molecular weight excluding hydrogens is 379 g/mol. The lowest BCUT2D eigenvalue weighted by molar-refractivity contribution is 0.414. The molecule has 2 aromatic carbocycles. The molecule has 1 atom stereocenters. The smallest absolute Gasteiger partial charge is 0.120 e. The van der Waals surface area contributed by atoms with Crippen molar-refractivity contribution in [1.29, 1.82) is 0 Å². The first-order valence-corrected chi connectivity index (χ1v) is 7.43. The zero-order chi connectivity index (χ0) is 13.1. The van der Waals surface area contributed by atoms with E-state index in [9.17, 15) is 0 Å². The lowest BCUT2D eigenvalue weighted by Gasteiger charge is -2.13. The van der Waals surface area contributed by atoms with Gasteiger partial charge in [-0.3, -0.25) is 0 Å². The Balaban J connectivity index is 2.37. The highest BCUT2D eigenvalue weighted by Gasteiger charge is 2.14. The molecule has 4 heteroatoms. The minimum atomic E-state index is 0.0633. The van der Waals surface area contributed by atoms with Gasteiger partial charge in [-0.2, -0.15) is 0 Å². The standard InChI is InChI=1S/C14H11Br2ClO/c1-18-11-5-6-12(13(17)8-11)14(16)9-3-2-4-10(15)7-9/h2-8,14H,1H3. The third-order valence-electron chi connectivity index (χ3n) is 2.62. The van der Waals surface area contributed by atoms with Gasteiger partial charge in [0, 0.05) is 9.50 Å². The van der Waals surface area contributed by atoms with Gasteiger partial charge in [-0.1, -0.05) is 61.7 Å². The molecule has 0 aromatic heterocycles. The minimum absolute atomic E-state index is 0.0633. The monoisotopic (exact) mass is 388 g/mol. The maximum atomic E-state index is 6.27. The van der Waals surface area contributed by atoms with Crippen LogP contribution in [-0.2, 0) is 0 Å². The van der Waals surface area contributed by atoms with Crippen molar-refractivity contribution in [1.82, 2.24) is 0 Å². The summed E-state index contributed by atoms with van der Waals surface area (Å²) >= 11 is 13.4. The first kappa shape index (κ1) is 13.9. The van der Waals surface area contributed by atoms with Crippen LogP contribution in [0.5, 0.6) is 5.75 Å². The average Bonchev–Trinajstić information content (AvgIpc) is 2.37. The number of ether oxygens (including phenoxy) is 1. The second-order valence-corrected chi connectivity index (χ2v) is 6.04. The van der Waals surface area contributed by atoms with Gasteiger partial charge in [-0.15, -0.1) is 0 Å². The van der Waals surface area contributed by atoms with E-state index < -0.39 is 0 Å². The molecule has 18 heavy (non-hydrogen) atoms. The van der Waals surface area contributed by atoms with E-state index in [1.165, 1.54) is 0 Å². The van der Waals surface area contributed by atoms with Gasteiger partial charge in [0.2, 0.25) is 0 Å². The summed E-state index contributed by atoms with van der Waals surface area (Å²) < 4.78 is 6.20. The normalized spacial score (nSPS) is 12.2. The number of rotatable bonds is 3. The van der Waals surface area contributed by atoms with Crippen molar-refractivity contribution >= 4 is 43.5 Å². The van der Waals surface area contributed by atoms with Crippen molar-refractivity contribution in [2.24, 2.45) is 0 Å². The quantitative estimate of drug-likeness (QED) is 0.620. The van der Waals surface area contributed by atoms with Crippen LogP contribution in [0.4, 0.5) is 0 Å². The molecule has 0 aliphatic carbocycles. The average molecular weight is 391 g/mol. The molecule has 0 fully saturated rings. The van der Waals surface area contributed by atoms with Crippen molar-refractivity contribution in [3.05, 3.63) is 63.1 Å². The predicted octanol–water partition coefficient (Wildman–Crippen LogP) is 5.60. The van der Waals surface area contributed by atoms with Crippen LogP contribution in [0.1, 0.15) is 16.0 Å². The van der Waals surface area contributed by atoms with Gasteiger partial charge < -0.3 is 4.74 Å². The van der Waals surface area contributed by atoms with Gasteiger partial charge in [0.1, 0.15) is 5.75 Å². The largest absolute Gasteiger partial charge is 0.497 e. The first-order chi connectivity index (χ1) is 8.61. The van der Waals surface area contributed by atoms with Gasteiger partial charge in [0.05, 0.1) is 11.9 Å². The van der Waals surface area contributed by atoms with Crippen LogP contribution in [0.2, 0.25) is 5.02 Å². The summed E-state index contributed by atoms with van der Waals surface area (Å²) in [7, 11) is 1.63. The summed E-state index contributed by atoms with van der Waals surface area (Å²) in [4.78, 5) is 0.0633. The van der Waals surface area contributed by atoms with Crippen molar-refractivity contribution in [2.75, 3.05) is 7.11 Å². The summed E-state index contributed by atoms with van der Waals surface area (Å²) in [6.07, 6.45) is 0. The van der Waals surface area contributed by atoms with E-state index in [1.54, 1.807) is 7.11 Å². The number of hydrogen-bond donors (Lipinski definition) is 0. The van der Waals surface area contributed by atoms with Gasteiger partial charge in [0.25, 0.3) is 0 Å². The van der Waals surface area contributed by atoms with E-state index in [2.05, 4.69) is 44.0 Å². The molecule has 2 rings (SSSR count). The third-order valence-corrected chi connectivity index (χ3v) is 4.46. The molecule has 0 aliphatic heterocycles. The Labute approximate surface area is 128 Å². The fourth-order valence-electron chi connectivity index (χ4n) is 1.68. The Bertz CT molecular complexity index is 557. The summed E-state index contributed by atoms with van der Waals surface area (Å²) in [5.41, 5.74) is 2.17. The molecule has 1 unspecified atom stereocenters. The SMILES string of the molecule is COc1ccc(C(Br)c2cccc(Br)c2)c(Cl)c1. The van der Waals surface area contributed by atoms with Crippen LogP contribution >= 0.6 is 43.5 Å². The molecule has 0 saturated carbocycles. The zero-order valence-corrected chi connectivity index (χ0v) is 13.6. The topological polar surface area (TPSA) is 9.23 Å². The summed E-state index contributed by atoms with van der Waals surface area (Å²) in [6.45, 7) is 0. The Kier molecular flexibility index (Phi) is 4.71. The van der Waals surface area contributed by atoms with Gasteiger partial charge in [-0.05, 0) is 35.4 Å². The zero-order valence-electron chi connectivity index (χ0n) is 9.66. The van der Waals surface area contributed by atoms with Gasteiger partial charge in [-0.25, -0.2) is 0 Å². The molecular formula is C14H11Br2ClO. The molecule has 2 aromatic rings. The second-order valence-electron chi connectivity index (χ2n) is 3.81. The Morgan fingerprint density at radius 3 is 2.56 bits per heavy atom. The molecule has 0 bridgehead atoms. The number of halogens is 3. The van der Waals surface area contributed by atoms with E-state index in [4.69, 9.17) is 16.3 Å². The number of alkyl halides is 1. The van der Waals surface area contributed by atoms with Crippen LogP contribution < -0.4 is 4.74 Å². The molecule has 0 spiro atoms. The summed E-state index contributed by atoms with van der Waals surface area (Å²) in [5, 5.41) is 0.691. The number of hydrogen-bond acceptors (Lipinski definition) is 1. The molecule has 0 amide bonds. The van der Waals surface area contributed by atoms with Crippen molar-refractivity contribution in [3.63, 3.8) is 0 Å². The lowest BCUT2D eigenvalue weighted by atomic mass is 10.0. The number of methoxy groups -OCH3 is 1. The molecule has 0 aliphatic rings. The molecule has 0 heterocycles. The summed E-state index contributed by atoms with van der Waals surface area (Å²) in [6, 6.07) is 13.8. The van der Waals surface area contributed by atoms with Gasteiger partial charge in [0.15, 0.2) is 0 Å². The third kappa shape index (κ3) is 3.08. The molecule has 0 saturated heterocycles. The van der Waals surface area contributed by atoms with E-state index in [-0.39, 0.29) is 4.83 Å². The van der Waals surface area contributed by atoms with Crippen molar-refractivity contribution in [3.8, 4) is 5.75 Å². The Morgan fingerprint density at radius 2 is 1.94 bits per heavy atom. The fraction of sp³-hybridized carbons (Fsp3) is 0.143. The van der Waals surface area contributed by atoms with Crippen molar-refractivity contribution in [2.45, 2.75) is 4.83 Å². The van der Waals surface area contributed by atoms with Crippen LogP contribution in [0.15, 0.2) is 46.9 Å². The van der Waals surface area contributed by atoms with E-state index in [1.807, 2.05) is 30.3 Å². The minimum Gasteiger partial charge on any atom is -0.497 e. The van der Waals surface area contributed by atoms with Crippen LogP contribution in [-0.4, -0.2) is 7.11 Å². The highest BCUT2D eigenvalue weighted by Crippen LogP contribution is 2.37. The summed E-state index contributed by atoms with van der Waals surface area (Å²) in [5.74, 6) is 0.762. The first-order valence-electron chi connectivity index (χ1n) is 5.35. The fourth-order valence-corrected chi connectivity index (χ4v) is 3.20. The molecule has 0 radical (unpaired) electrons. The Hall–Kier alpha value is -0.510. The second kappa shape index (κ2) is 6.09. The van der Waals surface area contributed by atoms with E-state index >= 15 is 0 Å². The highest BCUT2D eigenvalue weighted by molar-refractivity contribution is 9.10. The highest BCUT2D eigenvalue weighted by atomic mass is 79.9.